The van der Waals surface area contributed by atoms with Crippen LogP contribution < -0.4 is 10.9 Å². The number of anilines is 1. The van der Waals surface area contributed by atoms with Crippen molar-refractivity contribution >= 4 is 34.4 Å². The Balaban J connectivity index is 1.61. The number of amides is 1. The maximum Gasteiger partial charge on any atom is 0.280 e. The van der Waals surface area contributed by atoms with E-state index in [2.05, 4.69) is 17.3 Å². The Morgan fingerprint density at radius 1 is 1.06 bits per heavy atom. The van der Waals surface area contributed by atoms with Gasteiger partial charge >= 0.3 is 0 Å². The van der Waals surface area contributed by atoms with Crippen molar-refractivity contribution in [3.63, 3.8) is 0 Å². The van der Waals surface area contributed by atoms with Crippen LogP contribution in [-0.2, 0) is 30.7 Å². The maximum atomic E-state index is 13.5. The van der Waals surface area contributed by atoms with Crippen LogP contribution in [0.4, 0.5) is 5.69 Å². The quantitative estimate of drug-likeness (QED) is 0.286. The van der Waals surface area contributed by atoms with Crippen LogP contribution in [0.1, 0.15) is 30.7 Å². The number of nitrogens with zero attached hydrogens (tertiary/aromatic N) is 4. The molecule has 2 heterocycles. The Morgan fingerprint density at radius 3 is 2.56 bits per heavy atom. The molecule has 7 nitrogen and oxygen atoms in total. The van der Waals surface area contributed by atoms with Crippen molar-refractivity contribution in [3.8, 4) is 0 Å². The van der Waals surface area contributed by atoms with E-state index in [1.165, 1.54) is 11.8 Å². The molecule has 0 saturated heterocycles. The molecule has 4 aromatic rings. The molecule has 0 aliphatic heterocycles. The maximum absolute atomic E-state index is 13.5. The first kappa shape index (κ1) is 23.8. The molecule has 2 aromatic carbocycles. The van der Waals surface area contributed by atoms with Crippen molar-refractivity contribution in [2.75, 3.05) is 11.1 Å². The predicted octanol–water partition coefficient (Wildman–Crippen LogP) is 4.46. The summed E-state index contributed by atoms with van der Waals surface area (Å²) in [6.45, 7) is 6.96. The van der Waals surface area contributed by atoms with Crippen LogP contribution in [0.15, 0.2) is 64.5 Å². The highest BCUT2D eigenvalue weighted by atomic mass is 32.2. The number of hydrogen-bond acceptors (Lipinski definition) is 5. The van der Waals surface area contributed by atoms with E-state index in [4.69, 9.17) is 4.98 Å². The number of nitrogens with one attached hydrogen (secondary N) is 1. The second kappa shape index (κ2) is 10.7. The number of benzene rings is 2. The standard InChI is InChI=1S/C26H29N5O2S/c1-4-19-12-9-13-21(16-19)27-22(32)17-34-26-28-23-18(3)29-31(5-2)24(23)25(33)30(26)15-14-20-10-7-6-8-11-20/h6-13,16H,4-5,14-15,17H2,1-3H3,(H,27,32). The fourth-order valence-electron chi connectivity index (χ4n) is 3.91. The van der Waals surface area contributed by atoms with Gasteiger partial charge in [-0.05, 0) is 49.9 Å². The molecular weight excluding hydrogens is 446 g/mol. The fraction of sp³-hybridized carbons (Fsp3) is 0.308. The van der Waals surface area contributed by atoms with E-state index in [1.807, 2.05) is 68.4 Å². The molecule has 0 aliphatic carbocycles. The lowest BCUT2D eigenvalue weighted by atomic mass is 10.1. The molecule has 176 valence electrons. The third kappa shape index (κ3) is 5.22. The average Bonchev–Trinajstić information content (AvgIpc) is 3.18. The van der Waals surface area contributed by atoms with Gasteiger partial charge in [-0.15, -0.1) is 0 Å². The van der Waals surface area contributed by atoms with Gasteiger partial charge in [0.25, 0.3) is 5.56 Å². The monoisotopic (exact) mass is 475 g/mol. The van der Waals surface area contributed by atoms with Crippen molar-refractivity contribution in [2.24, 2.45) is 0 Å². The number of fused-ring (bicyclic) bond motifs is 1. The minimum absolute atomic E-state index is 0.123. The van der Waals surface area contributed by atoms with E-state index in [1.54, 1.807) is 9.25 Å². The van der Waals surface area contributed by atoms with Gasteiger partial charge in [-0.25, -0.2) is 4.98 Å². The molecule has 1 N–H and O–H groups in total. The van der Waals surface area contributed by atoms with Gasteiger partial charge in [0.1, 0.15) is 5.52 Å². The second-order valence-corrected chi connectivity index (χ2v) is 9.02. The molecular formula is C26H29N5O2S. The van der Waals surface area contributed by atoms with Crippen molar-refractivity contribution in [3.05, 3.63) is 81.8 Å². The zero-order valence-electron chi connectivity index (χ0n) is 19.7. The summed E-state index contributed by atoms with van der Waals surface area (Å²) in [5.74, 6) is 0.0174. The smallest absolute Gasteiger partial charge is 0.280 e. The van der Waals surface area contributed by atoms with Crippen molar-refractivity contribution in [1.82, 2.24) is 19.3 Å². The summed E-state index contributed by atoms with van der Waals surface area (Å²) in [5.41, 5.74) is 4.78. The van der Waals surface area contributed by atoms with Gasteiger partial charge in [0.15, 0.2) is 10.7 Å². The molecule has 0 fully saturated rings. The zero-order valence-corrected chi connectivity index (χ0v) is 20.6. The van der Waals surface area contributed by atoms with Gasteiger partial charge in [-0.2, -0.15) is 5.10 Å². The molecule has 0 aliphatic rings. The Hall–Kier alpha value is -3.39. The summed E-state index contributed by atoms with van der Waals surface area (Å²) < 4.78 is 3.39. The minimum atomic E-state index is -0.136. The van der Waals surface area contributed by atoms with E-state index in [0.29, 0.717) is 41.4 Å². The minimum Gasteiger partial charge on any atom is -0.325 e. The SMILES string of the molecule is CCc1cccc(NC(=O)CSc2nc3c(C)nn(CC)c3c(=O)n2CCc2ccccc2)c1. The topological polar surface area (TPSA) is 81.8 Å². The van der Waals surface area contributed by atoms with Gasteiger partial charge in [0.05, 0.1) is 11.4 Å². The molecule has 1 amide bonds. The third-order valence-corrected chi connectivity index (χ3v) is 6.68. The number of hydrogen-bond donors (Lipinski definition) is 1. The molecule has 0 atom stereocenters. The molecule has 4 rings (SSSR count). The van der Waals surface area contributed by atoms with Crippen LogP contribution >= 0.6 is 11.8 Å². The highest BCUT2D eigenvalue weighted by Crippen LogP contribution is 2.21. The Labute approximate surface area is 203 Å². The first-order chi connectivity index (χ1) is 16.5. The number of aryl methyl sites for hydroxylation is 4. The van der Waals surface area contributed by atoms with E-state index in [0.717, 1.165) is 23.2 Å². The summed E-state index contributed by atoms with van der Waals surface area (Å²) in [7, 11) is 0. The van der Waals surface area contributed by atoms with Crippen molar-refractivity contribution in [2.45, 2.75) is 51.9 Å². The van der Waals surface area contributed by atoms with Gasteiger partial charge in [-0.3, -0.25) is 18.8 Å². The van der Waals surface area contributed by atoms with Crippen LogP contribution in [-0.4, -0.2) is 31.0 Å². The molecule has 8 heteroatoms. The Bertz CT molecular complexity index is 1360. The fourth-order valence-corrected chi connectivity index (χ4v) is 4.72. The highest BCUT2D eigenvalue weighted by Gasteiger charge is 2.19. The van der Waals surface area contributed by atoms with E-state index < -0.39 is 0 Å². The van der Waals surface area contributed by atoms with Crippen molar-refractivity contribution in [1.29, 1.82) is 0 Å². The van der Waals surface area contributed by atoms with E-state index in [-0.39, 0.29) is 17.2 Å². The first-order valence-electron chi connectivity index (χ1n) is 11.5. The van der Waals surface area contributed by atoms with Crippen LogP contribution in [0.25, 0.3) is 11.0 Å². The number of thioether (sulfide) groups is 1. The van der Waals surface area contributed by atoms with E-state index in [9.17, 15) is 9.59 Å². The molecule has 2 aromatic heterocycles. The Kier molecular flexibility index (Phi) is 7.47. The van der Waals surface area contributed by atoms with Crippen LogP contribution in [0, 0.1) is 6.92 Å². The average molecular weight is 476 g/mol. The summed E-state index contributed by atoms with van der Waals surface area (Å²) in [6.07, 6.45) is 1.59. The number of aromatic nitrogens is 4. The predicted molar refractivity (Wildman–Crippen MR) is 138 cm³/mol. The molecule has 0 unspecified atom stereocenters. The summed E-state index contributed by atoms with van der Waals surface area (Å²) >= 11 is 1.28. The summed E-state index contributed by atoms with van der Waals surface area (Å²) in [4.78, 5) is 31.0. The number of rotatable bonds is 9. The normalized spacial score (nSPS) is 11.1. The lowest BCUT2D eigenvalue weighted by Gasteiger charge is -2.13. The third-order valence-electron chi connectivity index (χ3n) is 5.70. The lowest BCUT2D eigenvalue weighted by molar-refractivity contribution is -0.113. The highest BCUT2D eigenvalue weighted by molar-refractivity contribution is 7.99. The molecule has 0 bridgehead atoms. The van der Waals surface area contributed by atoms with Gasteiger partial charge in [0, 0.05) is 18.8 Å². The van der Waals surface area contributed by atoms with Gasteiger partial charge in [-0.1, -0.05) is 61.2 Å². The first-order valence-corrected chi connectivity index (χ1v) is 12.5. The number of carbonyl (C=O) groups is 1. The molecule has 0 spiro atoms. The summed E-state index contributed by atoms with van der Waals surface area (Å²) in [5, 5.41) is 7.97. The largest absolute Gasteiger partial charge is 0.325 e. The lowest BCUT2D eigenvalue weighted by Crippen LogP contribution is -2.26. The second-order valence-electron chi connectivity index (χ2n) is 8.08. The Morgan fingerprint density at radius 2 is 1.82 bits per heavy atom. The van der Waals surface area contributed by atoms with Crippen molar-refractivity contribution < 1.29 is 4.79 Å². The molecule has 0 radical (unpaired) electrons. The zero-order chi connectivity index (χ0) is 24.1. The summed E-state index contributed by atoms with van der Waals surface area (Å²) in [6, 6.07) is 17.9. The van der Waals surface area contributed by atoms with Crippen LogP contribution in [0.3, 0.4) is 0 Å². The van der Waals surface area contributed by atoms with Gasteiger partial charge in [0.2, 0.25) is 5.91 Å². The van der Waals surface area contributed by atoms with Crippen LogP contribution in [0.5, 0.6) is 0 Å². The molecule has 34 heavy (non-hydrogen) atoms. The van der Waals surface area contributed by atoms with Crippen LogP contribution in [0.2, 0.25) is 0 Å². The van der Waals surface area contributed by atoms with E-state index >= 15 is 0 Å². The number of carbonyl (C=O) groups excluding carboxylic acids is 1. The molecule has 0 saturated carbocycles. The van der Waals surface area contributed by atoms with Gasteiger partial charge < -0.3 is 5.32 Å².